The molecule has 3 aliphatic rings. The van der Waals surface area contributed by atoms with Crippen LogP contribution in [0.2, 0.25) is 0 Å². The molecule has 2 atom stereocenters. The van der Waals surface area contributed by atoms with E-state index < -0.39 is 22.7 Å². The van der Waals surface area contributed by atoms with E-state index in [0.717, 1.165) is 68.3 Å². The van der Waals surface area contributed by atoms with Crippen molar-refractivity contribution in [2.24, 2.45) is 5.41 Å². The Morgan fingerprint density at radius 3 is 2.68 bits per heavy atom. The summed E-state index contributed by atoms with van der Waals surface area (Å²) in [6.07, 6.45) is 2.45. The highest BCUT2D eigenvalue weighted by Crippen LogP contribution is 2.43. The lowest BCUT2D eigenvalue weighted by molar-refractivity contribution is -0.141. The van der Waals surface area contributed by atoms with Crippen molar-refractivity contribution in [1.82, 2.24) is 9.88 Å². The predicted octanol–water partition coefficient (Wildman–Crippen LogP) is 3.58. The Labute approximate surface area is 148 Å². The maximum absolute atomic E-state index is 12.7. The number of pyridine rings is 1. The molecule has 0 aromatic carbocycles. The molecule has 0 unspecified atom stereocenters. The molecule has 4 rings (SSSR count). The average Bonchev–Trinajstić information content (AvgIpc) is 2.99. The standard InChI is InChI=1S/C18H23F3N2OS/c19-18(20,21)16-5-4-14(9-22-16)13-2-1-3-15(8-13)23-7-6-17(10-23)11-25(24)12-17/h4-5,9,13,15H,1-3,6-8,10-12H2/t13-,15-,17?,25?/m0/s1. The van der Waals surface area contributed by atoms with Crippen molar-refractivity contribution in [2.45, 2.75) is 50.2 Å². The van der Waals surface area contributed by atoms with E-state index >= 15 is 0 Å². The van der Waals surface area contributed by atoms with Crippen LogP contribution in [0.25, 0.3) is 0 Å². The Hall–Kier alpha value is -0.950. The van der Waals surface area contributed by atoms with E-state index in [-0.39, 0.29) is 5.41 Å². The van der Waals surface area contributed by atoms with Crippen molar-refractivity contribution >= 4 is 10.8 Å². The summed E-state index contributed by atoms with van der Waals surface area (Å²) >= 11 is 0. The van der Waals surface area contributed by atoms with Gasteiger partial charge in [0.05, 0.1) is 0 Å². The molecule has 138 valence electrons. The number of likely N-dealkylation sites (tertiary alicyclic amines) is 1. The van der Waals surface area contributed by atoms with E-state index in [2.05, 4.69) is 9.88 Å². The molecular formula is C18H23F3N2OS. The molecule has 1 aliphatic carbocycles. The van der Waals surface area contributed by atoms with Gasteiger partial charge >= 0.3 is 6.18 Å². The van der Waals surface area contributed by atoms with Gasteiger partial charge in [0, 0.05) is 46.5 Å². The predicted molar refractivity (Wildman–Crippen MR) is 90.7 cm³/mol. The van der Waals surface area contributed by atoms with Gasteiger partial charge in [-0.2, -0.15) is 13.2 Å². The Morgan fingerprint density at radius 2 is 2.04 bits per heavy atom. The van der Waals surface area contributed by atoms with Crippen LogP contribution in [-0.2, 0) is 17.0 Å². The molecule has 0 bridgehead atoms. The highest BCUT2D eigenvalue weighted by atomic mass is 32.2. The third kappa shape index (κ3) is 3.50. The molecule has 1 saturated carbocycles. The third-order valence-corrected chi connectivity index (χ3v) is 7.98. The highest BCUT2D eigenvalue weighted by molar-refractivity contribution is 7.86. The molecule has 1 spiro atoms. The van der Waals surface area contributed by atoms with Gasteiger partial charge in [0.2, 0.25) is 0 Å². The second-order valence-electron chi connectivity index (χ2n) is 7.94. The van der Waals surface area contributed by atoms with Crippen LogP contribution in [0.5, 0.6) is 0 Å². The van der Waals surface area contributed by atoms with Gasteiger partial charge in [0.25, 0.3) is 0 Å². The van der Waals surface area contributed by atoms with Gasteiger partial charge in [-0.1, -0.05) is 12.5 Å². The van der Waals surface area contributed by atoms with E-state index in [1.807, 2.05) is 0 Å². The first-order valence-corrected chi connectivity index (χ1v) is 10.5. The Balaban J connectivity index is 1.40. The zero-order valence-corrected chi connectivity index (χ0v) is 14.9. The number of aromatic nitrogens is 1. The Bertz CT molecular complexity index is 653. The van der Waals surface area contributed by atoms with E-state index in [1.54, 1.807) is 6.07 Å². The van der Waals surface area contributed by atoms with Crippen molar-refractivity contribution in [3.63, 3.8) is 0 Å². The molecule has 3 fully saturated rings. The summed E-state index contributed by atoms with van der Waals surface area (Å²) in [6.45, 7) is 2.11. The minimum Gasteiger partial charge on any atom is -0.300 e. The van der Waals surface area contributed by atoms with Crippen molar-refractivity contribution < 1.29 is 17.4 Å². The number of hydrogen-bond donors (Lipinski definition) is 0. The van der Waals surface area contributed by atoms with Crippen molar-refractivity contribution in [2.75, 3.05) is 24.6 Å². The van der Waals surface area contributed by atoms with Gasteiger partial charge in [0.15, 0.2) is 0 Å². The first-order valence-electron chi connectivity index (χ1n) is 8.97. The summed E-state index contributed by atoms with van der Waals surface area (Å²) in [5.74, 6) is 1.99. The van der Waals surface area contributed by atoms with Crippen LogP contribution in [0.1, 0.15) is 49.3 Å². The van der Waals surface area contributed by atoms with E-state index in [9.17, 15) is 17.4 Å². The lowest BCUT2D eigenvalue weighted by Gasteiger charge is -2.40. The maximum atomic E-state index is 12.7. The zero-order chi connectivity index (χ0) is 17.7. The fourth-order valence-electron chi connectivity index (χ4n) is 4.77. The highest BCUT2D eigenvalue weighted by Gasteiger charge is 2.49. The van der Waals surface area contributed by atoms with Gasteiger partial charge in [0.1, 0.15) is 5.69 Å². The molecule has 0 amide bonds. The van der Waals surface area contributed by atoms with Gasteiger partial charge in [-0.25, -0.2) is 0 Å². The topological polar surface area (TPSA) is 33.2 Å². The van der Waals surface area contributed by atoms with Crippen molar-refractivity contribution in [3.05, 3.63) is 29.6 Å². The van der Waals surface area contributed by atoms with Crippen molar-refractivity contribution in [1.29, 1.82) is 0 Å². The minimum atomic E-state index is -4.37. The molecular weight excluding hydrogens is 349 g/mol. The van der Waals surface area contributed by atoms with Gasteiger partial charge < -0.3 is 0 Å². The zero-order valence-electron chi connectivity index (χ0n) is 14.1. The summed E-state index contributed by atoms with van der Waals surface area (Å²) in [6, 6.07) is 3.20. The first kappa shape index (κ1) is 17.5. The maximum Gasteiger partial charge on any atom is 0.433 e. The molecule has 0 N–H and O–H groups in total. The lowest BCUT2D eigenvalue weighted by atomic mass is 9.81. The second kappa shape index (κ2) is 6.34. The number of alkyl halides is 3. The molecule has 25 heavy (non-hydrogen) atoms. The third-order valence-electron chi connectivity index (χ3n) is 6.11. The van der Waals surface area contributed by atoms with Crippen LogP contribution in [0.3, 0.4) is 0 Å². The molecule has 7 heteroatoms. The van der Waals surface area contributed by atoms with Crippen LogP contribution < -0.4 is 0 Å². The summed E-state index contributed by atoms with van der Waals surface area (Å²) in [5.41, 5.74) is 0.396. The van der Waals surface area contributed by atoms with Crippen LogP contribution in [0.4, 0.5) is 13.2 Å². The molecule has 2 aliphatic heterocycles. The smallest absolute Gasteiger partial charge is 0.300 e. The summed E-state index contributed by atoms with van der Waals surface area (Å²) in [5, 5.41) is 0. The molecule has 1 aromatic rings. The fraction of sp³-hybridized carbons (Fsp3) is 0.722. The van der Waals surface area contributed by atoms with Crippen LogP contribution >= 0.6 is 0 Å². The van der Waals surface area contributed by atoms with Gasteiger partial charge in [-0.3, -0.25) is 14.1 Å². The lowest BCUT2D eigenvalue weighted by Crippen LogP contribution is -2.48. The van der Waals surface area contributed by atoms with Gasteiger partial charge in [-0.15, -0.1) is 0 Å². The van der Waals surface area contributed by atoms with Crippen LogP contribution in [0.15, 0.2) is 18.3 Å². The number of halogens is 3. The largest absolute Gasteiger partial charge is 0.433 e. The number of hydrogen-bond acceptors (Lipinski definition) is 3. The average molecular weight is 372 g/mol. The summed E-state index contributed by atoms with van der Waals surface area (Å²) < 4.78 is 49.5. The molecule has 3 nitrogen and oxygen atoms in total. The minimum absolute atomic E-state index is 0.285. The van der Waals surface area contributed by atoms with Gasteiger partial charge in [-0.05, 0) is 49.8 Å². The second-order valence-corrected chi connectivity index (χ2v) is 9.40. The van der Waals surface area contributed by atoms with Crippen molar-refractivity contribution in [3.8, 4) is 0 Å². The number of nitrogens with zero attached hydrogens (tertiary/aromatic N) is 2. The fourth-order valence-corrected chi connectivity index (χ4v) is 6.52. The monoisotopic (exact) mass is 372 g/mol. The molecule has 2 saturated heterocycles. The number of rotatable bonds is 2. The normalized spacial score (nSPS) is 36.5. The SMILES string of the molecule is O=S1CC2(CCN([C@H]3CCC[C@H](c4ccc(C(F)(F)F)nc4)C3)C2)C1. The van der Waals surface area contributed by atoms with Crippen LogP contribution in [0, 0.1) is 5.41 Å². The molecule has 3 heterocycles. The molecule has 1 aromatic heterocycles. The summed E-state index contributed by atoms with van der Waals surface area (Å²) in [7, 11) is -0.614. The van der Waals surface area contributed by atoms with E-state index in [0.29, 0.717) is 12.0 Å². The Kier molecular flexibility index (Phi) is 4.43. The van der Waals surface area contributed by atoms with Crippen LogP contribution in [-0.4, -0.2) is 44.7 Å². The van der Waals surface area contributed by atoms with E-state index in [1.165, 1.54) is 6.20 Å². The van der Waals surface area contributed by atoms with E-state index in [4.69, 9.17) is 0 Å². The molecule has 0 radical (unpaired) electrons. The quantitative estimate of drug-likeness (QED) is 0.796. The first-order chi connectivity index (χ1) is 11.8. The summed E-state index contributed by atoms with van der Waals surface area (Å²) in [4.78, 5) is 6.17. The Morgan fingerprint density at radius 1 is 1.24 bits per heavy atom.